The molecule has 1 saturated heterocycles. The average Bonchev–Trinajstić information content (AvgIpc) is 3.73. The summed E-state index contributed by atoms with van der Waals surface area (Å²) in [5.74, 6) is 0.686. The van der Waals surface area contributed by atoms with Crippen LogP contribution < -0.4 is 20.7 Å². The van der Waals surface area contributed by atoms with Gasteiger partial charge in [-0.1, -0.05) is 6.42 Å². The molecule has 2 aliphatic rings. The van der Waals surface area contributed by atoms with Gasteiger partial charge in [-0.2, -0.15) is 5.10 Å². The number of methoxy groups -OCH3 is 1. The molecule has 12 nitrogen and oxygen atoms in total. The highest BCUT2D eigenvalue weighted by molar-refractivity contribution is 6.00. The lowest BCUT2D eigenvalue weighted by Crippen LogP contribution is -2.52. The molecule has 1 fully saturated rings. The Morgan fingerprint density at radius 3 is 2.79 bits per heavy atom. The number of carbonyl (C=O) groups is 2. The highest BCUT2D eigenvalue weighted by atomic mass is 19.1. The molecule has 0 spiro atoms. The van der Waals surface area contributed by atoms with Gasteiger partial charge in [-0.3, -0.25) is 14.3 Å². The van der Waals surface area contributed by atoms with Gasteiger partial charge >= 0.3 is 0 Å². The smallest absolute Gasteiger partial charge is 0.255 e. The van der Waals surface area contributed by atoms with E-state index in [9.17, 15) is 14.0 Å². The normalized spacial score (nSPS) is 20.6. The van der Waals surface area contributed by atoms with Crippen LogP contribution in [-0.2, 0) is 27.1 Å². The number of amides is 2. The Balaban J connectivity index is 1.27. The molecule has 47 heavy (non-hydrogen) atoms. The summed E-state index contributed by atoms with van der Waals surface area (Å²) < 4.78 is 26.2. The van der Waals surface area contributed by atoms with E-state index in [2.05, 4.69) is 31.7 Å². The number of nitrogens with one attached hydrogen (secondary N) is 3. The van der Waals surface area contributed by atoms with Gasteiger partial charge < -0.3 is 29.8 Å². The Hall–Kier alpha value is -4.78. The third-order valence-corrected chi connectivity index (χ3v) is 9.52. The number of aryl methyl sites for hydroxylation is 3. The zero-order chi connectivity index (χ0) is 32.8. The number of hydrogen-bond acceptors (Lipinski definition) is 7. The molecular formula is C34H40FN9O3. The van der Waals surface area contributed by atoms with Gasteiger partial charge in [-0.05, 0) is 69.5 Å². The number of halogens is 1. The molecule has 3 N–H and O–H groups in total. The van der Waals surface area contributed by atoms with Crippen LogP contribution in [0, 0.1) is 0 Å². The van der Waals surface area contributed by atoms with Crippen molar-refractivity contribution in [3.8, 4) is 17.3 Å². The van der Waals surface area contributed by atoms with E-state index < -0.39 is 12.2 Å². The second-order valence-corrected chi connectivity index (χ2v) is 12.6. The Kier molecular flexibility index (Phi) is 8.16. The third kappa shape index (κ3) is 5.62. The van der Waals surface area contributed by atoms with Crippen LogP contribution in [-0.4, -0.2) is 73.1 Å². The zero-order valence-corrected chi connectivity index (χ0v) is 27.1. The summed E-state index contributed by atoms with van der Waals surface area (Å²) in [5.41, 5.74) is 5.71. The summed E-state index contributed by atoms with van der Waals surface area (Å²) in [6.07, 6.45) is 4.43. The van der Waals surface area contributed by atoms with Gasteiger partial charge in [0.1, 0.15) is 23.1 Å². The minimum atomic E-state index is -1.10. The molecule has 0 saturated carbocycles. The van der Waals surface area contributed by atoms with Crippen molar-refractivity contribution < 1.29 is 18.7 Å². The molecule has 7 rings (SSSR count). The lowest BCUT2D eigenvalue weighted by Gasteiger charge is -2.27. The fourth-order valence-electron chi connectivity index (χ4n) is 6.88. The quantitative estimate of drug-likeness (QED) is 0.271. The van der Waals surface area contributed by atoms with Crippen molar-refractivity contribution in [1.82, 2.24) is 44.8 Å². The Morgan fingerprint density at radius 1 is 1.13 bits per heavy atom. The number of benzene rings is 1. The molecule has 2 amide bonds. The molecule has 2 bridgehead atoms. The highest BCUT2D eigenvalue weighted by Gasteiger charge is 2.28. The van der Waals surface area contributed by atoms with Crippen molar-refractivity contribution in [2.75, 3.05) is 20.2 Å². The molecule has 246 valence electrons. The minimum absolute atomic E-state index is 0.155. The van der Waals surface area contributed by atoms with Gasteiger partial charge in [-0.15, -0.1) is 0 Å². The molecule has 3 atom stereocenters. The van der Waals surface area contributed by atoms with Crippen molar-refractivity contribution in [1.29, 1.82) is 0 Å². The van der Waals surface area contributed by atoms with E-state index in [0.717, 1.165) is 65.9 Å². The number of ether oxygens (including phenoxy) is 1. The van der Waals surface area contributed by atoms with E-state index in [-0.39, 0.29) is 17.9 Å². The average molecular weight is 642 g/mol. The second kappa shape index (κ2) is 12.4. The lowest BCUT2D eigenvalue weighted by molar-refractivity contribution is 0.0891. The molecule has 0 aliphatic carbocycles. The molecule has 1 aromatic carbocycles. The largest absolute Gasteiger partial charge is 0.494 e. The van der Waals surface area contributed by atoms with Crippen LogP contribution in [0.1, 0.15) is 70.8 Å². The minimum Gasteiger partial charge on any atom is -0.494 e. The van der Waals surface area contributed by atoms with Crippen molar-refractivity contribution in [3.05, 3.63) is 59.0 Å². The topological polar surface area (TPSA) is 133 Å². The molecule has 0 radical (unpaired) electrons. The van der Waals surface area contributed by atoms with Crippen LogP contribution in [0.2, 0.25) is 0 Å². The van der Waals surface area contributed by atoms with Crippen LogP contribution in [0.5, 0.6) is 5.75 Å². The van der Waals surface area contributed by atoms with E-state index in [1.54, 1.807) is 30.1 Å². The molecule has 13 heteroatoms. The Labute approximate surface area is 271 Å². The van der Waals surface area contributed by atoms with E-state index in [4.69, 9.17) is 14.7 Å². The molecule has 0 unspecified atom stereocenters. The van der Waals surface area contributed by atoms with Crippen molar-refractivity contribution >= 4 is 33.9 Å². The maximum atomic E-state index is 14.5. The van der Waals surface area contributed by atoms with Crippen molar-refractivity contribution in [3.63, 3.8) is 0 Å². The number of pyridine rings is 1. The standard InChI is InChI=1S/C34H40FN9O3/c1-19-24-10-9-20-15-28(44(31(20)39-24)13-7-5-6-8-27-22(34(46)38-19)17-37-43(27)3)32-40-25-14-21(16-29(47-4)30(25)42(32)2)33(45)41-26-18-36-12-11-23(26)35/h9-10,14-17,19,23,26,36H,5-8,11-13,18H2,1-4H3,(H,38,46)(H,41,45)/t19-,23+,26+/m1/s1. The Bertz CT molecular complexity index is 1990. The van der Waals surface area contributed by atoms with Gasteiger partial charge in [-0.25, -0.2) is 14.4 Å². The first-order valence-corrected chi connectivity index (χ1v) is 16.3. The zero-order valence-electron chi connectivity index (χ0n) is 27.1. The van der Waals surface area contributed by atoms with E-state index in [1.807, 2.05) is 37.7 Å². The molecule has 5 aromatic rings. The van der Waals surface area contributed by atoms with Crippen LogP contribution in [0.3, 0.4) is 0 Å². The van der Waals surface area contributed by atoms with E-state index >= 15 is 0 Å². The summed E-state index contributed by atoms with van der Waals surface area (Å²) in [7, 11) is 5.38. The van der Waals surface area contributed by atoms with Crippen LogP contribution in [0.4, 0.5) is 4.39 Å². The van der Waals surface area contributed by atoms with Gasteiger partial charge in [0.05, 0.1) is 53.6 Å². The molecular weight excluding hydrogens is 601 g/mol. The first-order chi connectivity index (χ1) is 22.7. The van der Waals surface area contributed by atoms with Gasteiger partial charge in [0, 0.05) is 38.1 Å². The predicted octanol–water partition coefficient (Wildman–Crippen LogP) is 3.98. The van der Waals surface area contributed by atoms with Crippen molar-refractivity contribution in [2.45, 2.75) is 63.8 Å². The maximum Gasteiger partial charge on any atom is 0.255 e. The third-order valence-electron chi connectivity index (χ3n) is 9.52. The number of hydrogen-bond donors (Lipinski definition) is 3. The number of nitrogens with zero attached hydrogens (tertiary/aromatic N) is 6. The van der Waals surface area contributed by atoms with Crippen LogP contribution in [0.25, 0.3) is 33.6 Å². The predicted molar refractivity (Wildman–Crippen MR) is 176 cm³/mol. The number of imidazole rings is 1. The van der Waals surface area contributed by atoms with Gasteiger partial charge in [0.15, 0.2) is 5.82 Å². The monoisotopic (exact) mass is 641 g/mol. The number of alkyl halides is 1. The summed E-state index contributed by atoms with van der Waals surface area (Å²) in [6.45, 7) is 3.64. The SMILES string of the molecule is COc1cc(C(=O)N[C@H]2CNCC[C@@H]2F)cc2nc(-c3cc4ccc5nc4n3CCCCCc3c(cnn3C)C(=O)N[C@@H]5C)n(C)c12. The maximum absolute atomic E-state index is 14.5. The summed E-state index contributed by atoms with van der Waals surface area (Å²) in [4.78, 5) is 36.6. The number of carbonyl (C=O) groups excluding carboxylic acids is 2. The first kappa shape index (κ1) is 30.9. The summed E-state index contributed by atoms with van der Waals surface area (Å²) in [5, 5.41) is 14.4. The van der Waals surface area contributed by atoms with Gasteiger partial charge in [0.2, 0.25) is 0 Å². The second-order valence-electron chi connectivity index (χ2n) is 12.6. The molecule has 6 heterocycles. The molecule has 4 aromatic heterocycles. The van der Waals surface area contributed by atoms with Crippen LogP contribution >= 0.6 is 0 Å². The number of rotatable bonds is 4. The summed E-state index contributed by atoms with van der Waals surface area (Å²) >= 11 is 0. The fourth-order valence-corrected chi connectivity index (χ4v) is 6.88. The number of aromatic nitrogens is 6. The fraction of sp³-hybridized carbons (Fsp3) is 0.441. The number of fused-ring (bicyclic) bond motifs is 3. The van der Waals surface area contributed by atoms with E-state index in [1.165, 1.54) is 0 Å². The highest BCUT2D eigenvalue weighted by Crippen LogP contribution is 2.35. The molecule has 2 aliphatic heterocycles. The first-order valence-electron chi connectivity index (χ1n) is 16.3. The van der Waals surface area contributed by atoms with Gasteiger partial charge in [0.25, 0.3) is 11.8 Å². The lowest BCUT2D eigenvalue weighted by atomic mass is 10.0. The number of piperidine rings is 1. The van der Waals surface area contributed by atoms with Crippen LogP contribution in [0.15, 0.2) is 36.5 Å². The summed E-state index contributed by atoms with van der Waals surface area (Å²) in [6, 6.07) is 8.57. The van der Waals surface area contributed by atoms with E-state index in [0.29, 0.717) is 47.7 Å². The van der Waals surface area contributed by atoms with Crippen molar-refractivity contribution in [2.24, 2.45) is 14.1 Å². The Morgan fingerprint density at radius 2 is 1.98 bits per heavy atom.